The minimum absolute atomic E-state index is 0.0199. The van der Waals surface area contributed by atoms with Crippen LogP contribution >= 0.6 is 11.3 Å². The Hall–Kier alpha value is -3.07. The van der Waals surface area contributed by atoms with Crippen molar-refractivity contribution in [2.45, 2.75) is 45.3 Å². The van der Waals surface area contributed by atoms with Crippen molar-refractivity contribution < 1.29 is 32.7 Å². The van der Waals surface area contributed by atoms with Gasteiger partial charge in [0.15, 0.2) is 5.69 Å². The summed E-state index contributed by atoms with van der Waals surface area (Å²) in [7, 11) is 1.74. The first-order valence-electron chi connectivity index (χ1n) is 11.4. The summed E-state index contributed by atoms with van der Waals surface area (Å²) in [5, 5.41) is 20.9. The zero-order valence-electron chi connectivity index (χ0n) is 20.3. The highest BCUT2D eigenvalue weighted by molar-refractivity contribution is 7.09. The number of aryl methyl sites for hydroxylation is 2. The summed E-state index contributed by atoms with van der Waals surface area (Å²) in [6.07, 6.45) is -0.924. The van der Waals surface area contributed by atoms with Crippen LogP contribution in [0.15, 0.2) is 11.6 Å². The Labute approximate surface area is 210 Å². The molecule has 1 saturated heterocycles. The van der Waals surface area contributed by atoms with E-state index in [0.717, 1.165) is 36.5 Å². The second-order valence-corrected chi connectivity index (χ2v) is 8.92. The van der Waals surface area contributed by atoms with Crippen molar-refractivity contribution in [1.82, 2.24) is 35.1 Å². The van der Waals surface area contributed by atoms with Crippen molar-refractivity contribution in [3.63, 3.8) is 0 Å². The van der Waals surface area contributed by atoms with Gasteiger partial charge in [-0.1, -0.05) is 19.1 Å². The third kappa shape index (κ3) is 8.26. The number of carboxylic acids is 1. The van der Waals surface area contributed by atoms with E-state index in [4.69, 9.17) is 9.90 Å². The molecule has 0 radical (unpaired) electrons. The van der Waals surface area contributed by atoms with E-state index >= 15 is 0 Å². The molecule has 2 amide bonds. The van der Waals surface area contributed by atoms with Crippen LogP contribution in [0.5, 0.6) is 0 Å². The van der Waals surface area contributed by atoms with E-state index in [1.54, 1.807) is 29.5 Å². The highest BCUT2D eigenvalue weighted by Gasteiger charge is 2.38. The number of carbonyl (C=O) groups excluding carboxylic acids is 2. The molecule has 15 heteroatoms. The Kier molecular flexibility index (Phi) is 10.8. The van der Waals surface area contributed by atoms with Crippen molar-refractivity contribution in [3.05, 3.63) is 28.0 Å². The lowest BCUT2D eigenvalue weighted by Gasteiger charge is -2.28. The van der Waals surface area contributed by atoms with Crippen LogP contribution < -0.4 is 5.32 Å². The fourth-order valence-corrected chi connectivity index (χ4v) is 4.21. The van der Waals surface area contributed by atoms with E-state index in [-0.39, 0.29) is 11.8 Å². The van der Waals surface area contributed by atoms with Crippen LogP contribution in [0.3, 0.4) is 0 Å². The largest absolute Gasteiger partial charge is 0.490 e. The van der Waals surface area contributed by atoms with Crippen molar-refractivity contribution in [3.8, 4) is 0 Å². The molecule has 11 nitrogen and oxygen atoms in total. The number of hydrogen-bond acceptors (Lipinski definition) is 8. The molecule has 1 unspecified atom stereocenters. The summed E-state index contributed by atoms with van der Waals surface area (Å²) >= 11 is 1.59. The Bertz CT molecular complexity index is 1030. The minimum atomic E-state index is -5.08. The van der Waals surface area contributed by atoms with Crippen molar-refractivity contribution in [1.29, 1.82) is 0 Å². The first kappa shape index (κ1) is 29.2. The third-order valence-electron chi connectivity index (χ3n) is 5.20. The lowest BCUT2D eigenvalue weighted by molar-refractivity contribution is -0.192. The summed E-state index contributed by atoms with van der Waals surface area (Å²) in [6.45, 7) is 7.25. The number of nitrogens with one attached hydrogen (secondary N) is 1. The van der Waals surface area contributed by atoms with E-state index in [9.17, 15) is 22.8 Å². The van der Waals surface area contributed by atoms with Crippen molar-refractivity contribution in [2.24, 2.45) is 7.05 Å². The molecule has 0 saturated carbocycles. The van der Waals surface area contributed by atoms with Gasteiger partial charge in [-0.05, 0) is 19.3 Å². The standard InChI is InChI=1S/C19H29N7O2S.C2HF3O2/c1-4-7-20-18(27)17(15-13-29-16(5-2)21-15)25-8-6-9-26(11-10-25)19(28)14-12-24(3)23-22-14;3-2(4,5)1(6)7/h12-13,17H,4-11H2,1-3H3,(H,20,27);(H,6,7). The van der Waals surface area contributed by atoms with Crippen molar-refractivity contribution >= 4 is 29.1 Å². The number of amides is 2. The number of carboxylic acid groups (broad SMARTS) is 1. The van der Waals surface area contributed by atoms with E-state index in [0.29, 0.717) is 31.9 Å². The Morgan fingerprint density at radius 3 is 2.42 bits per heavy atom. The third-order valence-corrected chi connectivity index (χ3v) is 6.21. The summed E-state index contributed by atoms with van der Waals surface area (Å²) < 4.78 is 33.3. The first-order valence-corrected chi connectivity index (χ1v) is 12.3. The highest BCUT2D eigenvalue weighted by Crippen LogP contribution is 2.25. The number of aromatic nitrogens is 4. The van der Waals surface area contributed by atoms with Gasteiger partial charge in [0.05, 0.1) is 16.9 Å². The Balaban J connectivity index is 0.000000572. The van der Waals surface area contributed by atoms with E-state index < -0.39 is 18.2 Å². The van der Waals surface area contributed by atoms with Crippen LogP contribution in [0.4, 0.5) is 13.2 Å². The molecule has 0 bridgehead atoms. The molecule has 3 rings (SSSR count). The summed E-state index contributed by atoms with van der Waals surface area (Å²) in [6, 6.07) is -0.426. The van der Waals surface area contributed by atoms with Crippen LogP contribution in [0.25, 0.3) is 0 Å². The van der Waals surface area contributed by atoms with Crippen LogP contribution in [-0.4, -0.2) is 91.6 Å². The molecule has 1 aliphatic heterocycles. The topological polar surface area (TPSA) is 134 Å². The predicted octanol–water partition coefficient (Wildman–Crippen LogP) is 1.88. The van der Waals surface area contributed by atoms with Gasteiger partial charge in [-0.25, -0.2) is 9.78 Å². The molecular formula is C21H30F3N7O4S. The number of thiazole rings is 1. The zero-order chi connectivity index (χ0) is 26.9. The molecule has 3 heterocycles. The van der Waals surface area contributed by atoms with Crippen molar-refractivity contribution in [2.75, 3.05) is 32.7 Å². The molecule has 200 valence electrons. The van der Waals surface area contributed by atoms with Gasteiger partial charge in [-0.3, -0.25) is 19.2 Å². The molecule has 1 atom stereocenters. The molecule has 0 aromatic carbocycles. The van der Waals surface area contributed by atoms with Crippen LogP contribution in [-0.2, 0) is 23.1 Å². The zero-order valence-corrected chi connectivity index (χ0v) is 21.1. The van der Waals surface area contributed by atoms with Gasteiger partial charge in [0.2, 0.25) is 5.91 Å². The summed E-state index contributed by atoms with van der Waals surface area (Å²) in [5.74, 6) is -2.89. The maximum Gasteiger partial charge on any atom is 0.490 e. The van der Waals surface area contributed by atoms with Gasteiger partial charge in [-0.15, -0.1) is 16.4 Å². The average molecular weight is 534 g/mol. The van der Waals surface area contributed by atoms with E-state index in [1.165, 1.54) is 4.68 Å². The first-order chi connectivity index (χ1) is 17.0. The van der Waals surface area contributed by atoms with E-state index in [2.05, 4.69) is 32.4 Å². The fraction of sp³-hybridized carbons (Fsp3) is 0.619. The molecule has 2 aromatic rings. The number of halogens is 3. The number of alkyl halides is 3. The quantitative estimate of drug-likeness (QED) is 0.551. The maximum absolute atomic E-state index is 13.0. The second-order valence-electron chi connectivity index (χ2n) is 7.98. The molecule has 2 aromatic heterocycles. The fourth-order valence-electron chi connectivity index (χ4n) is 3.45. The van der Waals surface area contributed by atoms with Gasteiger partial charge >= 0.3 is 12.1 Å². The van der Waals surface area contributed by atoms with Crippen LogP contribution in [0, 0.1) is 0 Å². The number of hydrogen-bond donors (Lipinski definition) is 2. The van der Waals surface area contributed by atoms with Gasteiger partial charge < -0.3 is 15.3 Å². The number of aliphatic carboxylic acids is 1. The summed E-state index contributed by atoms with van der Waals surface area (Å²) in [5.41, 5.74) is 1.15. The normalized spacial score (nSPS) is 15.4. The molecule has 2 N–H and O–H groups in total. The van der Waals surface area contributed by atoms with Crippen LogP contribution in [0.2, 0.25) is 0 Å². The molecular weight excluding hydrogens is 503 g/mol. The van der Waals surface area contributed by atoms with Gasteiger partial charge in [-0.2, -0.15) is 13.2 Å². The maximum atomic E-state index is 13.0. The predicted molar refractivity (Wildman–Crippen MR) is 124 cm³/mol. The Morgan fingerprint density at radius 1 is 1.19 bits per heavy atom. The highest BCUT2D eigenvalue weighted by atomic mass is 32.1. The Morgan fingerprint density at radius 2 is 1.89 bits per heavy atom. The van der Waals surface area contributed by atoms with E-state index in [1.807, 2.05) is 12.3 Å². The lowest BCUT2D eigenvalue weighted by atomic mass is 10.1. The molecule has 0 spiro atoms. The minimum Gasteiger partial charge on any atom is -0.475 e. The average Bonchev–Trinajstić information content (AvgIpc) is 3.40. The molecule has 1 fully saturated rings. The van der Waals surface area contributed by atoms with Crippen LogP contribution in [0.1, 0.15) is 53.9 Å². The summed E-state index contributed by atoms with van der Waals surface area (Å²) in [4.78, 5) is 43.2. The molecule has 36 heavy (non-hydrogen) atoms. The lowest BCUT2D eigenvalue weighted by Crippen LogP contribution is -2.43. The van der Waals surface area contributed by atoms with Gasteiger partial charge in [0.25, 0.3) is 5.91 Å². The number of rotatable bonds is 7. The molecule has 1 aliphatic rings. The monoisotopic (exact) mass is 533 g/mol. The molecule has 0 aliphatic carbocycles. The van der Waals surface area contributed by atoms with Gasteiger partial charge in [0, 0.05) is 45.2 Å². The SMILES string of the molecule is CCCNC(=O)C(c1csc(CC)n1)N1CCCN(C(=O)c2cn(C)nn2)CC1.O=C(O)C(F)(F)F. The smallest absolute Gasteiger partial charge is 0.475 e. The number of nitrogens with zero attached hydrogens (tertiary/aromatic N) is 6. The second kappa shape index (κ2) is 13.3. The van der Waals surface area contributed by atoms with Gasteiger partial charge in [0.1, 0.15) is 6.04 Å². The number of carbonyl (C=O) groups is 3.